The highest BCUT2D eigenvalue weighted by Gasteiger charge is 2.47. The minimum atomic E-state index is -1.46. The van der Waals surface area contributed by atoms with Crippen molar-refractivity contribution in [2.75, 3.05) is 19.8 Å². The number of carboxylic acids is 1. The van der Waals surface area contributed by atoms with Gasteiger partial charge < -0.3 is 14.4 Å². The number of hydrogen-bond donors (Lipinski definition) is 1. The quantitative estimate of drug-likeness (QED) is 0.908. The predicted octanol–water partition coefficient (Wildman–Crippen LogP) is 1.78. The minimum absolute atomic E-state index is 0.0959. The molecule has 1 aromatic rings. The first-order chi connectivity index (χ1) is 8.89. The number of aryl methyl sites for hydroxylation is 2. The molecule has 1 aliphatic rings. The van der Waals surface area contributed by atoms with Gasteiger partial charge in [0.15, 0.2) is 0 Å². The number of alkyl halides is 1. The summed E-state index contributed by atoms with van der Waals surface area (Å²) in [4.78, 5) is 24.8. The minimum Gasteiger partial charge on any atom is -0.481 e. The SMILES string of the molecule is Cc1cc(C(=O)N2CCC(CF)(C(=O)O)C2)c(C)o1. The number of carbonyl (C=O) groups excluding carboxylic acids is 1. The van der Waals surface area contributed by atoms with Crippen LogP contribution >= 0.6 is 0 Å². The third-order valence-corrected chi connectivity index (χ3v) is 3.62. The lowest BCUT2D eigenvalue weighted by molar-refractivity contribution is -0.149. The van der Waals surface area contributed by atoms with Crippen molar-refractivity contribution in [3.05, 3.63) is 23.2 Å². The fourth-order valence-corrected chi connectivity index (χ4v) is 2.40. The van der Waals surface area contributed by atoms with E-state index in [9.17, 15) is 14.0 Å². The Morgan fingerprint density at radius 3 is 2.63 bits per heavy atom. The van der Waals surface area contributed by atoms with E-state index in [1.54, 1.807) is 19.9 Å². The fraction of sp³-hybridized carbons (Fsp3) is 0.538. The second-order valence-corrected chi connectivity index (χ2v) is 5.02. The van der Waals surface area contributed by atoms with Gasteiger partial charge in [0.1, 0.15) is 23.6 Å². The molecule has 0 aromatic carbocycles. The first-order valence-electron chi connectivity index (χ1n) is 6.05. The second-order valence-electron chi connectivity index (χ2n) is 5.02. The van der Waals surface area contributed by atoms with Gasteiger partial charge in [-0.25, -0.2) is 4.39 Å². The third-order valence-electron chi connectivity index (χ3n) is 3.62. The van der Waals surface area contributed by atoms with Crippen molar-refractivity contribution in [2.24, 2.45) is 5.41 Å². The van der Waals surface area contributed by atoms with Gasteiger partial charge >= 0.3 is 5.97 Å². The lowest BCUT2D eigenvalue weighted by atomic mass is 9.89. The van der Waals surface area contributed by atoms with E-state index >= 15 is 0 Å². The molecular formula is C13H16FNO4. The number of nitrogens with zero attached hydrogens (tertiary/aromatic N) is 1. The monoisotopic (exact) mass is 269 g/mol. The van der Waals surface area contributed by atoms with E-state index in [2.05, 4.69) is 0 Å². The Hall–Kier alpha value is -1.85. The van der Waals surface area contributed by atoms with Gasteiger partial charge in [0.25, 0.3) is 5.91 Å². The van der Waals surface area contributed by atoms with Crippen LogP contribution in [0.15, 0.2) is 10.5 Å². The van der Waals surface area contributed by atoms with Crippen molar-refractivity contribution >= 4 is 11.9 Å². The van der Waals surface area contributed by atoms with Crippen LogP contribution in [-0.4, -0.2) is 41.6 Å². The maximum absolute atomic E-state index is 13.0. The molecule has 1 fully saturated rings. The van der Waals surface area contributed by atoms with Gasteiger partial charge in [0.05, 0.1) is 5.56 Å². The highest BCUT2D eigenvalue weighted by atomic mass is 19.1. The molecule has 6 heteroatoms. The van der Waals surface area contributed by atoms with Gasteiger partial charge in [-0.1, -0.05) is 0 Å². The van der Waals surface area contributed by atoms with Crippen LogP contribution in [0.25, 0.3) is 0 Å². The number of carbonyl (C=O) groups is 2. The molecule has 2 heterocycles. The zero-order valence-electron chi connectivity index (χ0n) is 10.9. The van der Waals surface area contributed by atoms with E-state index in [4.69, 9.17) is 9.52 Å². The number of likely N-dealkylation sites (tertiary alicyclic amines) is 1. The van der Waals surface area contributed by atoms with E-state index in [-0.39, 0.29) is 25.4 Å². The number of hydrogen-bond acceptors (Lipinski definition) is 3. The smallest absolute Gasteiger partial charge is 0.314 e. The molecule has 1 aliphatic heterocycles. The molecule has 19 heavy (non-hydrogen) atoms. The Kier molecular flexibility index (Phi) is 3.34. The van der Waals surface area contributed by atoms with E-state index in [1.165, 1.54) is 4.90 Å². The van der Waals surface area contributed by atoms with Crippen LogP contribution in [0.3, 0.4) is 0 Å². The van der Waals surface area contributed by atoms with E-state index in [1.807, 2.05) is 0 Å². The molecule has 104 valence electrons. The number of halogens is 1. The largest absolute Gasteiger partial charge is 0.481 e. The molecule has 5 nitrogen and oxygen atoms in total. The average molecular weight is 269 g/mol. The van der Waals surface area contributed by atoms with Crippen molar-refractivity contribution < 1.29 is 23.5 Å². The van der Waals surface area contributed by atoms with Crippen molar-refractivity contribution in [2.45, 2.75) is 20.3 Å². The Balaban J connectivity index is 2.19. The van der Waals surface area contributed by atoms with Crippen molar-refractivity contribution in [3.63, 3.8) is 0 Å². The molecule has 0 aliphatic carbocycles. The third kappa shape index (κ3) is 2.22. The Labute approximate surface area is 110 Å². The highest BCUT2D eigenvalue weighted by Crippen LogP contribution is 2.32. The summed E-state index contributed by atoms with van der Waals surface area (Å²) in [6.45, 7) is 2.60. The number of amides is 1. The molecule has 0 radical (unpaired) electrons. The average Bonchev–Trinajstić information content (AvgIpc) is 2.93. The van der Waals surface area contributed by atoms with Gasteiger partial charge in [0.2, 0.25) is 0 Å². The standard InChI is InChI=1S/C13H16FNO4/c1-8-5-10(9(2)19-8)11(16)15-4-3-13(6-14,7-15)12(17)18/h5H,3-4,6-7H2,1-2H3,(H,17,18). The summed E-state index contributed by atoms with van der Waals surface area (Å²) < 4.78 is 18.3. The number of aliphatic carboxylic acids is 1. The summed E-state index contributed by atoms with van der Waals surface area (Å²) in [5.74, 6) is -0.373. The molecule has 1 saturated heterocycles. The van der Waals surface area contributed by atoms with Crippen molar-refractivity contribution in [3.8, 4) is 0 Å². The Morgan fingerprint density at radius 1 is 1.53 bits per heavy atom. The summed E-state index contributed by atoms with van der Waals surface area (Å²) in [6.07, 6.45) is 0.139. The first-order valence-corrected chi connectivity index (χ1v) is 6.05. The molecule has 0 spiro atoms. The van der Waals surface area contributed by atoms with Gasteiger partial charge in [-0.2, -0.15) is 0 Å². The normalized spacial score (nSPS) is 22.8. The summed E-state index contributed by atoms with van der Waals surface area (Å²) in [5, 5.41) is 9.10. The molecule has 1 unspecified atom stereocenters. The molecule has 1 atom stereocenters. The molecule has 1 amide bonds. The van der Waals surface area contributed by atoms with Gasteiger partial charge in [-0.15, -0.1) is 0 Å². The Morgan fingerprint density at radius 2 is 2.21 bits per heavy atom. The molecule has 0 saturated carbocycles. The van der Waals surface area contributed by atoms with Crippen LogP contribution in [-0.2, 0) is 4.79 Å². The van der Waals surface area contributed by atoms with Crippen LogP contribution in [0.4, 0.5) is 4.39 Å². The van der Waals surface area contributed by atoms with Gasteiger partial charge in [-0.05, 0) is 26.3 Å². The maximum atomic E-state index is 13.0. The second kappa shape index (κ2) is 4.68. The van der Waals surface area contributed by atoms with Crippen molar-refractivity contribution in [1.29, 1.82) is 0 Å². The lowest BCUT2D eigenvalue weighted by Crippen LogP contribution is -2.38. The summed E-state index contributed by atoms with van der Waals surface area (Å²) in [6, 6.07) is 1.62. The summed E-state index contributed by atoms with van der Waals surface area (Å²) in [7, 11) is 0. The van der Waals surface area contributed by atoms with Gasteiger partial charge in [-0.3, -0.25) is 9.59 Å². The lowest BCUT2D eigenvalue weighted by Gasteiger charge is -2.21. The van der Waals surface area contributed by atoms with E-state index < -0.39 is 18.1 Å². The molecule has 1 N–H and O–H groups in total. The summed E-state index contributed by atoms with van der Waals surface area (Å²) >= 11 is 0. The molecule has 1 aromatic heterocycles. The molecule has 0 bridgehead atoms. The molecular weight excluding hydrogens is 253 g/mol. The van der Waals surface area contributed by atoms with Crippen LogP contribution in [0.2, 0.25) is 0 Å². The predicted molar refractivity (Wildman–Crippen MR) is 64.7 cm³/mol. The van der Waals surface area contributed by atoms with Gasteiger partial charge in [0, 0.05) is 13.1 Å². The fourth-order valence-electron chi connectivity index (χ4n) is 2.40. The first kappa shape index (κ1) is 13.6. The van der Waals surface area contributed by atoms with Crippen LogP contribution in [0.1, 0.15) is 28.3 Å². The maximum Gasteiger partial charge on any atom is 0.314 e. The van der Waals surface area contributed by atoms with Crippen LogP contribution in [0, 0.1) is 19.3 Å². The molecule has 2 rings (SSSR count). The number of carboxylic acid groups (broad SMARTS) is 1. The highest BCUT2D eigenvalue weighted by molar-refractivity contribution is 5.96. The Bertz CT molecular complexity index is 525. The number of rotatable bonds is 3. The number of furan rings is 1. The summed E-state index contributed by atoms with van der Waals surface area (Å²) in [5.41, 5.74) is -1.04. The van der Waals surface area contributed by atoms with E-state index in [0.29, 0.717) is 17.1 Å². The van der Waals surface area contributed by atoms with E-state index in [0.717, 1.165) is 0 Å². The topological polar surface area (TPSA) is 70.8 Å². The van der Waals surface area contributed by atoms with Crippen molar-refractivity contribution in [1.82, 2.24) is 4.90 Å². The zero-order valence-corrected chi connectivity index (χ0v) is 10.9. The van der Waals surface area contributed by atoms with Crippen LogP contribution in [0.5, 0.6) is 0 Å². The zero-order chi connectivity index (χ0) is 14.2. The van der Waals surface area contributed by atoms with Crippen LogP contribution < -0.4 is 0 Å².